The fraction of sp³-hybridized carbons (Fsp3) is 0.467. The van der Waals surface area contributed by atoms with E-state index >= 15 is 0 Å². The zero-order valence-corrected chi connectivity index (χ0v) is 14.4. The second kappa shape index (κ2) is 7.49. The van der Waals surface area contributed by atoms with Gasteiger partial charge in [0.2, 0.25) is 0 Å². The quantitative estimate of drug-likeness (QED) is 0.871. The molecule has 0 bridgehead atoms. The number of rotatable bonds is 2. The largest absolute Gasteiger partial charge is 0.450 e. The summed E-state index contributed by atoms with van der Waals surface area (Å²) in [5.41, 5.74) is 1.82. The minimum Gasteiger partial charge on any atom is -0.450 e. The molecule has 1 saturated heterocycles. The number of nitrogens with one attached hydrogen (secondary N) is 1. The molecule has 1 aromatic rings. The number of carbonyl (C=O) groups excluding carboxylic acids is 2. The van der Waals surface area contributed by atoms with E-state index in [0.717, 1.165) is 15.7 Å². The Bertz CT molecular complexity index is 557. The zero-order valence-electron chi connectivity index (χ0n) is 12.8. The van der Waals surface area contributed by atoms with Crippen LogP contribution in [0.5, 0.6) is 0 Å². The van der Waals surface area contributed by atoms with Gasteiger partial charge in [0, 0.05) is 36.3 Å². The molecule has 3 amide bonds. The molecule has 0 spiro atoms. The van der Waals surface area contributed by atoms with Crippen LogP contribution < -0.4 is 5.32 Å². The summed E-state index contributed by atoms with van der Waals surface area (Å²) in [5, 5.41) is 2.88. The third-order valence-corrected chi connectivity index (χ3v) is 4.39. The third-order valence-electron chi connectivity index (χ3n) is 3.50. The first kappa shape index (κ1) is 16.6. The lowest BCUT2D eigenvalue weighted by Crippen LogP contribution is -2.51. The Balaban J connectivity index is 1.87. The van der Waals surface area contributed by atoms with E-state index in [1.165, 1.54) is 0 Å². The molecule has 22 heavy (non-hydrogen) atoms. The number of halogens is 1. The van der Waals surface area contributed by atoms with E-state index in [-0.39, 0.29) is 12.1 Å². The normalized spacial score (nSPS) is 14.7. The molecule has 1 aliphatic rings. The molecule has 1 N–H and O–H groups in total. The highest BCUT2D eigenvalue weighted by molar-refractivity contribution is 9.10. The van der Waals surface area contributed by atoms with Crippen LogP contribution in [0, 0.1) is 6.92 Å². The molecule has 120 valence electrons. The Morgan fingerprint density at radius 3 is 2.45 bits per heavy atom. The molecule has 7 heteroatoms. The molecule has 6 nitrogen and oxygen atoms in total. The highest BCUT2D eigenvalue weighted by Crippen LogP contribution is 2.20. The third kappa shape index (κ3) is 4.13. The van der Waals surface area contributed by atoms with Crippen molar-refractivity contribution in [1.82, 2.24) is 9.80 Å². The summed E-state index contributed by atoms with van der Waals surface area (Å²) in [6, 6.07) is 5.52. The van der Waals surface area contributed by atoms with Crippen molar-refractivity contribution >= 4 is 33.7 Å². The summed E-state index contributed by atoms with van der Waals surface area (Å²) in [6.45, 7) is 6.10. The smallest absolute Gasteiger partial charge is 0.409 e. The average molecular weight is 370 g/mol. The van der Waals surface area contributed by atoms with Crippen LogP contribution in [0.3, 0.4) is 0 Å². The predicted molar refractivity (Wildman–Crippen MR) is 88.1 cm³/mol. The van der Waals surface area contributed by atoms with Crippen LogP contribution >= 0.6 is 15.9 Å². The van der Waals surface area contributed by atoms with Gasteiger partial charge < -0.3 is 19.9 Å². The summed E-state index contributed by atoms with van der Waals surface area (Å²) in [5.74, 6) is 0. The van der Waals surface area contributed by atoms with Crippen LogP contribution in [0.1, 0.15) is 12.5 Å². The first-order chi connectivity index (χ1) is 10.5. The molecule has 0 aromatic heterocycles. The van der Waals surface area contributed by atoms with Gasteiger partial charge in [0.15, 0.2) is 0 Å². The van der Waals surface area contributed by atoms with E-state index in [9.17, 15) is 9.59 Å². The molecule has 0 saturated carbocycles. The van der Waals surface area contributed by atoms with Crippen LogP contribution in [-0.4, -0.2) is 54.7 Å². The maximum Gasteiger partial charge on any atom is 0.409 e. The number of amides is 3. The van der Waals surface area contributed by atoms with Crippen molar-refractivity contribution in [3.05, 3.63) is 28.2 Å². The minimum atomic E-state index is -0.314. The number of carbonyl (C=O) groups is 2. The van der Waals surface area contributed by atoms with E-state index in [1.54, 1.807) is 16.7 Å². The molecule has 0 radical (unpaired) electrons. The van der Waals surface area contributed by atoms with Crippen molar-refractivity contribution < 1.29 is 14.3 Å². The van der Waals surface area contributed by atoms with Crippen molar-refractivity contribution in [3.63, 3.8) is 0 Å². The highest BCUT2D eigenvalue weighted by atomic mass is 79.9. The van der Waals surface area contributed by atoms with Gasteiger partial charge in [-0.1, -0.05) is 15.9 Å². The molecule has 1 aromatic carbocycles. The van der Waals surface area contributed by atoms with Crippen LogP contribution in [0.4, 0.5) is 15.3 Å². The summed E-state index contributed by atoms with van der Waals surface area (Å²) in [4.78, 5) is 27.2. The Hall–Kier alpha value is -1.76. The first-order valence-corrected chi connectivity index (χ1v) is 8.04. The molecule has 0 unspecified atom stereocenters. The molecule has 0 atom stereocenters. The number of nitrogens with zero attached hydrogens (tertiary/aromatic N) is 2. The van der Waals surface area contributed by atoms with Gasteiger partial charge in [-0.15, -0.1) is 0 Å². The lowest BCUT2D eigenvalue weighted by molar-refractivity contribution is 0.0868. The minimum absolute atomic E-state index is 0.148. The van der Waals surface area contributed by atoms with E-state index in [0.29, 0.717) is 32.8 Å². The maximum absolute atomic E-state index is 12.2. The van der Waals surface area contributed by atoms with Crippen LogP contribution in [0.2, 0.25) is 0 Å². The van der Waals surface area contributed by atoms with Crippen molar-refractivity contribution in [2.45, 2.75) is 13.8 Å². The Morgan fingerprint density at radius 2 is 1.86 bits per heavy atom. The Labute approximate surface area is 138 Å². The molecule has 0 aliphatic carbocycles. The van der Waals surface area contributed by atoms with E-state index in [4.69, 9.17) is 4.74 Å². The zero-order chi connectivity index (χ0) is 16.1. The monoisotopic (exact) mass is 369 g/mol. The summed E-state index contributed by atoms with van der Waals surface area (Å²) >= 11 is 3.43. The van der Waals surface area contributed by atoms with Gasteiger partial charge in [-0.05, 0) is 37.6 Å². The van der Waals surface area contributed by atoms with E-state index in [1.807, 2.05) is 25.1 Å². The second-order valence-electron chi connectivity index (χ2n) is 5.07. The van der Waals surface area contributed by atoms with Crippen LogP contribution in [0.25, 0.3) is 0 Å². The fourth-order valence-corrected chi connectivity index (χ4v) is 2.48. The predicted octanol–water partition coefficient (Wildman–Crippen LogP) is 3.06. The Kier molecular flexibility index (Phi) is 5.65. The summed E-state index contributed by atoms with van der Waals surface area (Å²) in [6.07, 6.45) is -0.314. The van der Waals surface area contributed by atoms with Gasteiger partial charge in [-0.25, -0.2) is 9.59 Å². The molecular weight excluding hydrogens is 350 g/mol. The topological polar surface area (TPSA) is 61.9 Å². The van der Waals surface area contributed by atoms with E-state index in [2.05, 4.69) is 21.2 Å². The molecule has 1 aliphatic heterocycles. The van der Waals surface area contributed by atoms with Gasteiger partial charge >= 0.3 is 12.1 Å². The van der Waals surface area contributed by atoms with Gasteiger partial charge in [-0.2, -0.15) is 0 Å². The van der Waals surface area contributed by atoms with Crippen LogP contribution in [0.15, 0.2) is 22.7 Å². The fourth-order valence-electron chi connectivity index (χ4n) is 2.23. The number of piperazine rings is 1. The number of hydrogen-bond donors (Lipinski definition) is 1. The van der Waals surface area contributed by atoms with Gasteiger partial charge in [0.1, 0.15) is 0 Å². The van der Waals surface area contributed by atoms with Crippen molar-refractivity contribution in [2.24, 2.45) is 0 Å². The standard InChI is InChI=1S/C15H20BrN3O3/c1-3-22-15(21)19-8-6-18(7-9-19)14(20)17-12-4-5-13(16)11(2)10-12/h4-5,10H,3,6-9H2,1-2H3,(H,17,20). The number of anilines is 1. The van der Waals surface area contributed by atoms with E-state index < -0.39 is 0 Å². The number of hydrogen-bond acceptors (Lipinski definition) is 3. The highest BCUT2D eigenvalue weighted by Gasteiger charge is 2.24. The number of urea groups is 1. The van der Waals surface area contributed by atoms with Gasteiger partial charge in [0.05, 0.1) is 6.61 Å². The van der Waals surface area contributed by atoms with Gasteiger partial charge in [0.25, 0.3) is 0 Å². The van der Waals surface area contributed by atoms with Crippen molar-refractivity contribution in [1.29, 1.82) is 0 Å². The lowest BCUT2D eigenvalue weighted by atomic mass is 10.2. The second-order valence-corrected chi connectivity index (χ2v) is 5.92. The van der Waals surface area contributed by atoms with Crippen molar-refractivity contribution in [2.75, 3.05) is 38.1 Å². The summed E-state index contributed by atoms with van der Waals surface area (Å²) in [7, 11) is 0. The average Bonchev–Trinajstić information content (AvgIpc) is 2.51. The SMILES string of the molecule is CCOC(=O)N1CCN(C(=O)Nc2ccc(Br)c(C)c2)CC1. The number of benzene rings is 1. The molecular formula is C15H20BrN3O3. The van der Waals surface area contributed by atoms with Crippen molar-refractivity contribution in [3.8, 4) is 0 Å². The molecule has 2 rings (SSSR count). The Morgan fingerprint density at radius 1 is 1.23 bits per heavy atom. The maximum atomic E-state index is 12.2. The van der Waals surface area contributed by atoms with Crippen LogP contribution in [-0.2, 0) is 4.74 Å². The lowest BCUT2D eigenvalue weighted by Gasteiger charge is -2.34. The number of aryl methyl sites for hydroxylation is 1. The molecule has 1 fully saturated rings. The summed E-state index contributed by atoms with van der Waals surface area (Å²) < 4.78 is 5.97. The first-order valence-electron chi connectivity index (χ1n) is 7.25. The number of ether oxygens (including phenoxy) is 1. The van der Waals surface area contributed by atoms with Gasteiger partial charge in [-0.3, -0.25) is 0 Å². The molecule has 1 heterocycles.